The van der Waals surface area contributed by atoms with Crippen LogP contribution in [0.5, 0.6) is 11.5 Å². The maximum Gasteiger partial charge on any atom is 0.312 e. The van der Waals surface area contributed by atoms with Crippen molar-refractivity contribution >= 4 is 17.6 Å². The van der Waals surface area contributed by atoms with E-state index in [1.54, 1.807) is 4.90 Å². The topological polar surface area (TPSA) is 106 Å². The third-order valence-corrected chi connectivity index (χ3v) is 4.10. The number of carbonyl (C=O) groups excluding carboxylic acids is 2. The van der Waals surface area contributed by atoms with Gasteiger partial charge in [0.2, 0.25) is 5.91 Å². The molecule has 0 saturated carbocycles. The van der Waals surface area contributed by atoms with Gasteiger partial charge >= 0.3 is 6.03 Å². The van der Waals surface area contributed by atoms with Crippen molar-refractivity contribution in [2.45, 2.75) is 18.9 Å². The van der Waals surface area contributed by atoms with Gasteiger partial charge in [-0.3, -0.25) is 4.79 Å². The van der Waals surface area contributed by atoms with E-state index in [1.807, 2.05) is 18.2 Å². The quantitative estimate of drug-likeness (QED) is 0.745. The Bertz CT molecular complexity index is 622. The predicted octanol–water partition coefficient (Wildman–Crippen LogP) is 0.529. The number of ether oxygens (including phenoxy) is 2. The molecule has 2 heterocycles. The Hall–Kier alpha value is -2.64. The Balaban J connectivity index is 1.57. The van der Waals surface area contributed by atoms with Gasteiger partial charge in [-0.2, -0.15) is 0 Å². The molecular formula is C16H22N4O4. The number of nitrogens with zero attached hydrogens (tertiary/aromatic N) is 1. The summed E-state index contributed by atoms with van der Waals surface area (Å²) in [6.07, 6.45) is 1.88. The monoisotopic (exact) mass is 334 g/mol. The van der Waals surface area contributed by atoms with Gasteiger partial charge in [-0.1, -0.05) is 0 Å². The molecule has 0 aliphatic carbocycles. The largest absolute Gasteiger partial charge is 0.486 e. The molecule has 24 heavy (non-hydrogen) atoms. The molecule has 8 heteroatoms. The smallest absolute Gasteiger partial charge is 0.312 e. The summed E-state index contributed by atoms with van der Waals surface area (Å²) in [6, 6.07) is 5.22. The van der Waals surface area contributed by atoms with E-state index in [2.05, 4.69) is 10.6 Å². The van der Waals surface area contributed by atoms with Crippen LogP contribution in [-0.2, 0) is 4.79 Å². The summed E-state index contributed by atoms with van der Waals surface area (Å²) in [5, 5.41) is 5.78. The number of piperidine rings is 1. The molecule has 0 unspecified atom stereocenters. The van der Waals surface area contributed by atoms with Crippen LogP contribution >= 0.6 is 0 Å². The third kappa shape index (κ3) is 4.01. The first-order valence-electron chi connectivity index (χ1n) is 8.09. The molecule has 8 nitrogen and oxygen atoms in total. The van der Waals surface area contributed by atoms with E-state index < -0.39 is 6.03 Å². The zero-order chi connectivity index (χ0) is 16.9. The summed E-state index contributed by atoms with van der Waals surface area (Å²) >= 11 is 0. The van der Waals surface area contributed by atoms with Crippen molar-refractivity contribution in [3.8, 4) is 11.5 Å². The lowest BCUT2D eigenvalue weighted by Gasteiger charge is -2.34. The molecule has 1 atom stereocenters. The number of nitrogens with two attached hydrogens (primary N) is 1. The van der Waals surface area contributed by atoms with Gasteiger partial charge in [-0.15, -0.1) is 0 Å². The fourth-order valence-corrected chi connectivity index (χ4v) is 2.96. The summed E-state index contributed by atoms with van der Waals surface area (Å²) in [5.41, 5.74) is 5.94. The minimum Gasteiger partial charge on any atom is -0.486 e. The molecular weight excluding hydrogens is 312 g/mol. The van der Waals surface area contributed by atoms with Crippen LogP contribution in [-0.4, -0.2) is 55.7 Å². The Morgan fingerprint density at radius 1 is 1.25 bits per heavy atom. The van der Waals surface area contributed by atoms with Gasteiger partial charge in [0.1, 0.15) is 13.2 Å². The Morgan fingerprint density at radius 3 is 2.83 bits per heavy atom. The number of benzene rings is 1. The van der Waals surface area contributed by atoms with Crippen LogP contribution in [0.2, 0.25) is 0 Å². The highest BCUT2D eigenvalue weighted by atomic mass is 16.6. The van der Waals surface area contributed by atoms with Crippen molar-refractivity contribution in [1.82, 2.24) is 10.2 Å². The van der Waals surface area contributed by atoms with E-state index >= 15 is 0 Å². The van der Waals surface area contributed by atoms with Crippen LogP contribution in [0.3, 0.4) is 0 Å². The molecule has 130 valence electrons. The molecule has 1 aromatic rings. The second-order valence-corrected chi connectivity index (χ2v) is 5.90. The molecule has 4 N–H and O–H groups in total. The first kappa shape index (κ1) is 16.2. The number of amides is 3. The SMILES string of the molecule is NC(=O)NCC(=O)N1CCC[C@H](Nc2ccc3c(c2)OCCO3)C1. The Kier molecular flexibility index (Phi) is 4.93. The first-order chi connectivity index (χ1) is 11.6. The van der Waals surface area contributed by atoms with Crippen LogP contribution in [0.4, 0.5) is 10.5 Å². The number of nitrogens with one attached hydrogen (secondary N) is 2. The molecule has 3 rings (SSSR count). The van der Waals surface area contributed by atoms with Crippen molar-refractivity contribution in [2.24, 2.45) is 5.73 Å². The molecule has 1 fully saturated rings. The van der Waals surface area contributed by atoms with E-state index in [0.29, 0.717) is 26.3 Å². The summed E-state index contributed by atoms with van der Waals surface area (Å²) in [4.78, 5) is 24.5. The molecule has 2 aliphatic rings. The molecule has 0 radical (unpaired) electrons. The zero-order valence-electron chi connectivity index (χ0n) is 13.4. The highest BCUT2D eigenvalue weighted by Gasteiger charge is 2.24. The number of carbonyl (C=O) groups is 2. The maximum atomic E-state index is 12.1. The average molecular weight is 334 g/mol. The van der Waals surface area contributed by atoms with Crippen LogP contribution in [0.25, 0.3) is 0 Å². The van der Waals surface area contributed by atoms with E-state index in [0.717, 1.165) is 30.0 Å². The zero-order valence-corrected chi connectivity index (χ0v) is 13.4. The van der Waals surface area contributed by atoms with Gasteiger partial charge < -0.3 is 30.7 Å². The van der Waals surface area contributed by atoms with Crippen LogP contribution < -0.4 is 25.8 Å². The number of hydrogen-bond acceptors (Lipinski definition) is 5. The van der Waals surface area contributed by atoms with Gasteiger partial charge in [-0.05, 0) is 25.0 Å². The Morgan fingerprint density at radius 2 is 2.04 bits per heavy atom. The van der Waals surface area contributed by atoms with E-state index in [1.165, 1.54) is 0 Å². The molecule has 2 aliphatic heterocycles. The number of primary amides is 1. The van der Waals surface area contributed by atoms with Gasteiger partial charge in [0.05, 0.1) is 6.54 Å². The van der Waals surface area contributed by atoms with Crippen molar-refractivity contribution in [2.75, 3.05) is 38.2 Å². The van der Waals surface area contributed by atoms with Crippen molar-refractivity contribution < 1.29 is 19.1 Å². The van der Waals surface area contributed by atoms with E-state index in [4.69, 9.17) is 15.2 Å². The summed E-state index contributed by atoms with van der Waals surface area (Å²) in [7, 11) is 0. The molecule has 0 aromatic heterocycles. The second kappa shape index (κ2) is 7.29. The standard InChI is InChI=1S/C16H22N4O4/c17-16(22)18-9-15(21)20-5-1-2-12(10-20)19-11-3-4-13-14(8-11)24-7-6-23-13/h3-4,8,12,19H,1-2,5-7,9-10H2,(H3,17,18,22)/t12-/m0/s1. The van der Waals surface area contributed by atoms with Crippen LogP contribution in [0, 0.1) is 0 Å². The highest BCUT2D eigenvalue weighted by molar-refractivity contribution is 5.83. The normalized spacial score (nSPS) is 19.5. The second-order valence-electron chi connectivity index (χ2n) is 5.90. The number of rotatable bonds is 4. The summed E-state index contributed by atoms with van der Waals surface area (Å²) in [6.45, 7) is 2.34. The first-order valence-corrected chi connectivity index (χ1v) is 8.09. The third-order valence-electron chi connectivity index (χ3n) is 4.10. The highest BCUT2D eigenvalue weighted by Crippen LogP contribution is 2.33. The number of anilines is 1. The molecule has 1 saturated heterocycles. The fourth-order valence-electron chi connectivity index (χ4n) is 2.96. The summed E-state index contributed by atoms with van der Waals surface area (Å²) < 4.78 is 11.1. The molecule has 1 aromatic carbocycles. The summed E-state index contributed by atoms with van der Waals surface area (Å²) in [5.74, 6) is 1.37. The lowest BCUT2D eigenvalue weighted by atomic mass is 10.0. The molecule has 0 bridgehead atoms. The number of fused-ring (bicyclic) bond motifs is 1. The number of urea groups is 1. The van der Waals surface area contributed by atoms with Crippen LogP contribution in [0.15, 0.2) is 18.2 Å². The van der Waals surface area contributed by atoms with Crippen molar-refractivity contribution in [1.29, 1.82) is 0 Å². The van der Waals surface area contributed by atoms with E-state index in [-0.39, 0.29) is 18.5 Å². The number of hydrogen-bond donors (Lipinski definition) is 3. The fraction of sp³-hybridized carbons (Fsp3) is 0.500. The van der Waals surface area contributed by atoms with Gasteiger partial charge in [0.25, 0.3) is 0 Å². The van der Waals surface area contributed by atoms with Crippen molar-refractivity contribution in [3.63, 3.8) is 0 Å². The average Bonchev–Trinajstić information content (AvgIpc) is 2.60. The van der Waals surface area contributed by atoms with E-state index in [9.17, 15) is 9.59 Å². The predicted molar refractivity (Wildman–Crippen MR) is 88.2 cm³/mol. The lowest BCUT2D eigenvalue weighted by molar-refractivity contribution is -0.131. The van der Waals surface area contributed by atoms with Gasteiger partial charge in [0.15, 0.2) is 11.5 Å². The lowest BCUT2D eigenvalue weighted by Crippen LogP contribution is -2.49. The number of likely N-dealkylation sites (tertiary alicyclic amines) is 1. The maximum absolute atomic E-state index is 12.1. The van der Waals surface area contributed by atoms with Crippen LogP contribution in [0.1, 0.15) is 12.8 Å². The minimum absolute atomic E-state index is 0.0634. The van der Waals surface area contributed by atoms with Gasteiger partial charge in [-0.25, -0.2) is 4.79 Å². The van der Waals surface area contributed by atoms with Crippen molar-refractivity contribution in [3.05, 3.63) is 18.2 Å². The minimum atomic E-state index is -0.689. The van der Waals surface area contributed by atoms with Gasteiger partial charge in [0, 0.05) is 30.9 Å². The molecule has 3 amide bonds. The molecule has 0 spiro atoms. The Labute approximate surface area is 140 Å².